The minimum atomic E-state index is 1.07. The van der Waals surface area contributed by atoms with Gasteiger partial charge in [-0.15, -0.1) is 9.89 Å². The van der Waals surface area contributed by atoms with Crippen LogP contribution >= 0.6 is 0 Å². The smallest absolute Gasteiger partial charge is 0.139 e. The average molecular weight is 222 g/mol. The van der Waals surface area contributed by atoms with E-state index in [0.29, 0.717) is 0 Å². The number of benzene rings is 2. The summed E-state index contributed by atoms with van der Waals surface area (Å²) in [7, 11) is 0. The summed E-state index contributed by atoms with van der Waals surface area (Å²) in [5.74, 6) is 0. The Bertz CT molecular complexity index is 651. The summed E-state index contributed by atoms with van der Waals surface area (Å²) in [6.07, 6.45) is 4.80. The molecule has 0 spiro atoms. The van der Waals surface area contributed by atoms with Crippen molar-refractivity contribution in [1.82, 2.24) is 14.9 Å². The van der Waals surface area contributed by atoms with Gasteiger partial charge in [-0.3, -0.25) is 0 Å². The maximum absolute atomic E-state index is 4.20. The summed E-state index contributed by atoms with van der Waals surface area (Å²) < 4.78 is 0. The Morgan fingerprint density at radius 2 is 1.94 bits per heavy atom. The van der Waals surface area contributed by atoms with Crippen molar-refractivity contribution in [3.05, 3.63) is 60.7 Å². The van der Waals surface area contributed by atoms with Gasteiger partial charge in [-0.25, -0.2) is 4.98 Å². The van der Waals surface area contributed by atoms with Crippen LogP contribution in [0.4, 0.5) is 0 Å². The molecule has 82 valence electrons. The zero-order valence-corrected chi connectivity index (χ0v) is 9.06. The molecule has 2 aromatic carbocycles. The highest BCUT2D eigenvalue weighted by molar-refractivity contribution is 5.99. The van der Waals surface area contributed by atoms with Crippen molar-refractivity contribution in [2.75, 3.05) is 0 Å². The molecule has 0 unspecified atom stereocenters. The predicted octanol–water partition coefficient (Wildman–Crippen LogP) is 2.31. The molecule has 4 heteroatoms. The fraction of sp³-hybridized carbons (Fsp3) is 0. The van der Waals surface area contributed by atoms with E-state index in [-0.39, 0.29) is 0 Å². The Balaban J connectivity index is 2.06. The molecule has 3 aromatic rings. The maximum atomic E-state index is 4.20. The topological polar surface area (TPSA) is 43.1 Å². The Hall–Kier alpha value is -2.49. The van der Waals surface area contributed by atoms with E-state index in [1.165, 1.54) is 21.9 Å². The van der Waals surface area contributed by atoms with E-state index in [1.807, 2.05) is 24.3 Å². The van der Waals surface area contributed by atoms with Crippen molar-refractivity contribution in [3.63, 3.8) is 0 Å². The van der Waals surface area contributed by atoms with Crippen molar-refractivity contribution in [1.29, 1.82) is 0 Å². The predicted molar refractivity (Wildman–Crippen MR) is 67.0 cm³/mol. The monoisotopic (exact) mass is 222 g/mol. The lowest BCUT2D eigenvalue weighted by Gasteiger charge is -2.00. The van der Waals surface area contributed by atoms with Crippen molar-refractivity contribution in [2.24, 2.45) is 5.10 Å². The molecule has 0 saturated heterocycles. The first-order valence-corrected chi connectivity index (χ1v) is 5.30. The van der Waals surface area contributed by atoms with Crippen LogP contribution in [0, 0.1) is 0 Å². The van der Waals surface area contributed by atoms with Crippen molar-refractivity contribution in [2.45, 2.75) is 0 Å². The summed E-state index contributed by atoms with van der Waals surface area (Å²) in [6, 6.07) is 14.4. The fourth-order valence-corrected chi connectivity index (χ4v) is 1.75. The minimum Gasteiger partial charge on any atom is -0.221 e. The second kappa shape index (κ2) is 4.17. The normalized spacial score (nSPS) is 11.3. The van der Waals surface area contributed by atoms with E-state index in [4.69, 9.17) is 0 Å². The van der Waals surface area contributed by atoms with Gasteiger partial charge in [-0.05, 0) is 10.8 Å². The summed E-state index contributed by atoms with van der Waals surface area (Å²) in [4.78, 5) is 5.27. The van der Waals surface area contributed by atoms with Crippen LogP contribution in [-0.2, 0) is 0 Å². The van der Waals surface area contributed by atoms with Crippen LogP contribution in [0.2, 0.25) is 0 Å². The van der Waals surface area contributed by atoms with Gasteiger partial charge in [0.2, 0.25) is 0 Å². The molecule has 0 fully saturated rings. The molecular formula is C13H10N4. The van der Waals surface area contributed by atoms with Crippen LogP contribution in [0.5, 0.6) is 0 Å². The molecule has 0 radical (unpaired) electrons. The maximum Gasteiger partial charge on any atom is 0.139 e. The van der Waals surface area contributed by atoms with Crippen LogP contribution in [-0.4, -0.2) is 21.1 Å². The van der Waals surface area contributed by atoms with Crippen LogP contribution in [0.15, 0.2) is 60.2 Å². The highest BCUT2D eigenvalue weighted by Gasteiger charge is 1.96. The lowest BCUT2D eigenvalue weighted by molar-refractivity contribution is 0.743. The first-order valence-electron chi connectivity index (χ1n) is 5.30. The average Bonchev–Trinajstić information content (AvgIpc) is 2.89. The van der Waals surface area contributed by atoms with Crippen molar-refractivity contribution < 1.29 is 0 Å². The summed E-state index contributed by atoms with van der Waals surface area (Å²) in [6.45, 7) is 0. The van der Waals surface area contributed by atoms with Crippen molar-refractivity contribution >= 4 is 17.0 Å². The van der Waals surface area contributed by atoms with Gasteiger partial charge in [0.15, 0.2) is 0 Å². The molecule has 0 aliphatic rings. The minimum absolute atomic E-state index is 1.07. The van der Waals surface area contributed by atoms with Gasteiger partial charge in [-0.1, -0.05) is 42.5 Å². The number of hydrogen-bond donors (Lipinski definition) is 0. The Kier molecular flexibility index (Phi) is 2.38. The van der Waals surface area contributed by atoms with Crippen LogP contribution in [0.3, 0.4) is 0 Å². The van der Waals surface area contributed by atoms with E-state index in [9.17, 15) is 0 Å². The number of aromatic nitrogens is 3. The fourth-order valence-electron chi connectivity index (χ4n) is 1.75. The van der Waals surface area contributed by atoms with Gasteiger partial charge in [0.25, 0.3) is 0 Å². The van der Waals surface area contributed by atoms with E-state index < -0.39 is 0 Å². The Labute approximate surface area is 98.2 Å². The van der Waals surface area contributed by atoms with Crippen molar-refractivity contribution in [3.8, 4) is 0 Å². The first kappa shape index (κ1) is 9.72. The lowest BCUT2D eigenvalue weighted by Crippen LogP contribution is -1.91. The van der Waals surface area contributed by atoms with Gasteiger partial charge >= 0.3 is 0 Å². The molecule has 17 heavy (non-hydrogen) atoms. The molecule has 0 aliphatic carbocycles. The third kappa shape index (κ3) is 1.92. The molecule has 0 N–H and O–H groups in total. The molecule has 0 aliphatic heterocycles. The highest BCUT2D eigenvalue weighted by atomic mass is 15.5. The summed E-state index contributed by atoms with van der Waals surface area (Å²) in [5.41, 5.74) is 1.07. The van der Waals surface area contributed by atoms with E-state index in [0.717, 1.165) is 5.56 Å². The highest BCUT2D eigenvalue weighted by Crippen LogP contribution is 2.16. The molecule has 4 nitrogen and oxygen atoms in total. The van der Waals surface area contributed by atoms with Gasteiger partial charge in [0.05, 0.1) is 6.21 Å². The quantitative estimate of drug-likeness (QED) is 0.624. The summed E-state index contributed by atoms with van der Waals surface area (Å²) in [5, 5.41) is 10.5. The van der Waals surface area contributed by atoms with Gasteiger partial charge in [-0.2, -0.15) is 5.10 Å². The molecule has 3 rings (SSSR count). The van der Waals surface area contributed by atoms with E-state index >= 15 is 0 Å². The number of fused-ring (bicyclic) bond motifs is 1. The summed E-state index contributed by atoms with van der Waals surface area (Å²) >= 11 is 0. The molecule has 0 bridgehead atoms. The molecule has 1 heterocycles. The van der Waals surface area contributed by atoms with Gasteiger partial charge in [0, 0.05) is 5.56 Å². The SMILES string of the molecule is C(=N\n1cncn1)/c1cccc2ccccc12. The zero-order valence-electron chi connectivity index (χ0n) is 9.06. The third-order valence-corrected chi connectivity index (χ3v) is 2.55. The molecule has 0 atom stereocenters. The third-order valence-electron chi connectivity index (χ3n) is 2.55. The van der Waals surface area contributed by atoms with Crippen LogP contribution < -0.4 is 0 Å². The van der Waals surface area contributed by atoms with Crippen LogP contribution in [0.1, 0.15) is 5.56 Å². The zero-order chi connectivity index (χ0) is 11.5. The number of nitrogens with zero attached hydrogens (tertiary/aromatic N) is 4. The Morgan fingerprint density at radius 1 is 1.06 bits per heavy atom. The molecule has 1 aromatic heterocycles. The molecule has 0 amide bonds. The van der Waals surface area contributed by atoms with E-state index in [1.54, 1.807) is 12.5 Å². The van der Waals surface area contributed by atoms with E-state index in [2.05, 4.69) is 33.4 Å². The number of rotatable bonds is 2. The second-order valence-corrected chi connectivity index (χ2v) is 3.63. The van der Waals surface area contributed by atoms with Gasteiger partial charge < -0.3 is 0 Å². The number of hydrogen-bond acceptors (Lipinski definition) is 3. The van der Waals surface area contributed by atoms with Gasteiger partial charge in [0.1, 0.15) is 12.7 Å². The van der Waals surface area contributed by atoms with Crippen LogP contribution in [0.25, 0.3) is 10.8 Å². The largest absolute Gasteiger partial charge is 0.221 e. The lowest BCUT2D eigenvalue weighted by atomic mass is 10.1. The second-order valence-electron chi connectivity index (χ2n) is 3.63. The molecular weight excluding hydrogens is 212 g/mol. The standard InChI is InChI=1S/C13H10N4/c1-2-7-13-11(4-1)5-3-6-12(13)8-15-17-10-14-9-16-17/h1-10H/b15-8+. The Morgan fingerprint density at radius 3 is 2.82 bits per heavy atom. The first-order chi connectivity index (χ1) is 8.43. The molecule has 0 saturated carbocycles.